The second kappa shape index (κ2) is 6.67. The molecule has 0 bridgehead atoms. The van der Waals surface area contributed by atoms with Gasteiger partial charge in [-0.1, -0.05) is 17.7 Å². The first-order valence-electron chi connectivity index (χ1n) is 7.93. The fourth-order valence-electron chi connectivity index (χ4n) is 2.62. The molecular weight excluding hydrogens is 326 g/mol. The van der Waals surface area contributed by atoms with Crippen LogP contribution < -0.4 is 16.0 Å². The number of benzene rings is 1. The summed E-state index contributed by atoms with van der Waals surface area (Å²) in [6.07, 6.45) is 5.50. The first-order valence-corrected chi connectivity index (χ1v) is 8.31. The zero-order valence-corrected chi connectivity index (χ0v) is 13.8. The van der Waals surface area contributed by atoms with E-state index in [9.17, 15) is 0 Å². The highest BCUT2D eigenvalue weighted by Crippen LogP contribution is 2.23. The molecule has 0 atom stereocenters. The average Bonchev–Trinajstić information content (AvgIpc) is 2.57. The second-order valence-electron chi connectivity index (χ2n) is 5.80. The van der Waals surface area contributed by atoms with Gasteiger partial charge in [-0.15, -0.1) is 0 Å². The third-order valence-electron chi connectivity index (χ3n) is 4.04. The van der Waals surface area contributed by atoms with Gasteiger partial charge in [-0.2, -0.15) is 0 Å². The molecule has 0 spiro atoms. The van der Waals surface area contributed by atoms with Crippen LogP contribution in [0.1, 0.15) is 5.56 Å². The van der Waals surface area contributed by atoms with Crippen LogP contribution in [0, 0.1) is 0 Å². The van der Waals surface area contributed by atoms with E-state index < -0.39 is 0 Å². The molecule has 0 saturated carbocycles. The molecule has 6 nitrogen and oxygen atoms in total. The molecule has 0 aliphatic carbocycles. The third kappa shape index (κ3) is 3.16. The van der Waals surface area contributed by atoms with E-state index >= 15 is 0 Å². The zero-order chi connectivity index (χ0) is 16.4. The molecule has 0 radical (unpaired) electrons. The lowest BCUT2D eigenvalue weighted by Crippen LogP contribution is -2.49. The molecule has 7 heteroatoms. The smallest absolute Gasteiger partial charge is 0.160 e. The number of dihydropyridines is 1. The van der Waals surface area contributed by atoms with Gasteiger partial charge in [0, 0.05) is 38.2 Å². The number of aromatic nitrogens is 2. The maximum Gasteiger partial charge on any atom is 0.160 e. The first-order chi connectivity index (χ1) is 11.8. The minimum atomic E-state index is 0.188. The molecule has 2 aliphatic heterocycles. The fraction of sp³-hybridized carbons (Fsp3) is 0.294. The lowest BCUT2D eigenvalue weighted by atomic mass is 10.1. The minimum Gasteiger partial charge on any atom is -0.484 e. The molecule has 0 amide bonds. The van der Waals surface area contributed by atoms with Crippen molar-refractivity contribution in [3.05, 3.63) is 58.8 Å². The van der Waals surface area contributed by atoms with Crippen molar-refractivity contribution in [2.75, 3.05) is 19.6 Å². The summed E-state index contributed by atoms with van der Waals surface area (Å²) in [7, 11) is 0. The lowest BCUT2D eigenvalue weighted by molar-refractivity contribution is 0.0727. The van der Waals surface area contributed by atoms with Gasteiger partial charge in [-0.05, 0) is 17.7 Å². The summed E-state index contributed by atoms with van der Waals surface area (Å²) in [5.41, 5.74) is 3.77. The van der Waals surface area contributed by atoms with Gasteiger partial charge in [0.25, 0.3) is 0 Å². The number of ether oxygens (including phenoxy) is 1. The maximum absolute atomic E-state index is 6.34. The lowest BCUT2D eigenvalue weighted by Gasteiger charge is -2.31. The van der Waals surface area contributed by atoms with Crippen LogP contribution in [0.2, 0.25) is 0 Å². The van der Waals surface area contributed by atoms with Gasteiger partial charge in [0.15, 0.2) is 5.76 Å². The quantitative estimate of drug-likeness (QED) is 0.766. The summed E-state index contributed by atoms with van der Waals surface area (Å²) < 4.78 is 6.00. The Morgan fingerprint density at radius 1 is 1.21 bits per heavy atom. The van der Waals surface area contributed by atoms with Crippen molar-refractivity contribution in [2.45, 2.75) is 12.6 Å². The zero-order valence-electron chi connectivity index (χ0n) is 13.1. The standard InChI is InChI=1S/C17H18ClN5O/c18-13-9-20-10-16(17(13)24-12-7-19-8-12)23-6-11-1-2-14-15(5-11)22-4-3-21-14/h1-5,10,12,19-20,23H,6-9H2. The van der Waals surface area contributed by atoms with Crippen molar-refractivity contribution in [1.29, 1.82) is 0 Å². The van der Waals surface area contributed by atoms with Crippen molar-refractivity contribution in [1.82, 2.24) is 25.9 Å². The van der Waals surface area contributed by atoms with Gasteiger partial charge in [-0.3, -0.25) is 9.97 Å². The number of halogens is 1. The van der Waals surface area contributed by atoms with Crippen LogP contribution in [0.4, 0.5) is 0 Å². The number of hydrogen-bond acceptors (Lipinski definition) is 6. The molecule has 3 N–H and O–H groups in total. The number of nitrogens with one attached hydrogen (secondary N) is 3. The summed E-state index contributed by atoms with van der Waals surface area (Å²) >= 11 is 6.34. The van der Waals surface area contributed by atoms with E-state index in [1.165, 1.54) is 0 Å². The highest BCUT2D eigenvalue weighted by atomic mass is 35.5. The van der Waals surface area contributed by atoms with E-state index in [0.717, 1.165) is 41.1 Å². The Hall–Kier alpha value is -2.31. The Morgan fingerprint density at radius 2 is 2.04 bits per heavy atom. The summed E-state index contributed by atoms with van der Waals surface area (Å²) in [5.74, 6) is 0.738. The van der Waals surface area contributed by atoms with E-state index in [1.807, 2.05) is 24.4 Å². The van der Waals surface area contributed by atoms with Gasteiger partial charge in [0.2, 0.25) is 0 Å². The first kappa shape index (κ1) is 15.2. The highest BCUT2D eigenvalue weighted by molar-refractivity contribution is 6.30. The van der Waals surface area contributed by atoms with Crippen LogP contribution in [-0.4, -0.2) is 35.7 Å². The molecule has 1 aromatic heterocycles. The van der Waals surface area contributed by atoms with Crippen LogP contribution in [0.25, 0.3) is 11.0 Å². The predicted octanol–water partition coefficient (Wildman–Crippen LogP) is 1.60. The van der Waals surface area contributed by atoms with E-state index in [0.29, 0.717) is 18.1 Å². The van der Waals surface area contributed by atoms with Crippen LogP contribution >= 0.6 is 11.6 Å². The van der Waals surface area contributed by atoms with Gasteiger partial charge in [-0.25, -0.2) is 0 Å². The maximum atomic E-state index is 6.34. The fourth-order valence-corrected chi connectivity index (χ4v) is 2.85. The van der Waals surface area contributed by atoms with Crippen molar-refractivity contribution >= 4 is 22.6 Å². The van der Waals surface area contributed by atoms with Gasteiger partial charge in [0.1, 0.15) is 6.10 Å². The van der Waals surface area contributed by atoms with Gasteiger partial charge in [0.05, 0.1) is 28.3 Å². The largest absolute Gasteiger partial charge is 0.484 e. The Kier molecular flexibility index (Phi) is 4.23. The molecule has 3 heterocycles. The SMILES string of the molecule is ClC1=C(OC2CNC2)C(NCc2ccc3nccnc3c2)=CNC1. The topological polar surface area (TPSA) is 71.1 Å². The number of fused-ring (bicyclic) bond motifs is 1. The normalized spacial score (nSPS) is 18.0. The average molecular weight is 344 g/mol. The van der Waals surface area contributed by atoms with Crippen LogP contribution in [0.3, 0.4) is 0 Å². The summed E-state index contributed by atoms with van der Waals surface area (Å²) in [6, 6.07) is 6.06. The Bertz CT molecular complexity index is 815. The van der Waals surface area contributed by atoms with Crippen molar-refractivity contribution in [2.24, 2.45) is 0 Å². The van der Waals surface area contributed by atoms with Crippen molar-refractivity contribution < 1.29 is 4.74 Å². The van der Waals surface area contributed by atoms with Crippen LogP contribution in [0.5, 0.6) is 0 Å². The molecular formula is C17H18ClN5O. The molecule has 1 aromatic carbocycles. The van der Waals surface area contributed by atoms with E-state index in [1.54, 1.807) is 12.4 Å². The Labute approximate surface area is 145 Å². The van der Waals surface area contributed by atoms with Crippen LogP contribution in [0.15, 0.2) is 53.3 Å². The molecule has 1 fully saturated rings. The number of nitrogens with zero attached hydrogens (tertiary/aromatic N) is 2. The van der Waals surface area contributed by atoms with E-state index in [4.69, 9.17) is 16.3 Å². The van der Waals surface area contributed by atoms with Gasteiger partial charge >= 0.3 is 0 Å². The molecule has 2 aliphatic rings. The molecule has 24 heavy (non-hydrogen) atoms. The summed E-state index contributed by atoms with van der Waals surface area (Å²) in [4.78, 5) is 8.63. The number of hydrogen-bond donors (Lipinski definition) is 3. The van der Waals surface area contributed by atoms with Gasteiger partial charge < -0.3 is 20.7 Å². The highest BCUT2D eigenvalue weighted by Gasteiger charge is 2.24. The Morgan fingerprint density at radius 3 is 2.83 bits per heavy atom. The van der Waals surface area contributed by atoms with Crippen molar-refractivity contribution in [3.8, 4) is 0 Å². The third-order valence-corrected chi connectivity index (χ3v) is 4.35. The molecule has 4 rings (SSSR count). The molecule has 2 aromatic rings. The second-order valence-corrected chi connectivity index (χ2v) is 6.26. The summed E-state index contributed by atoms with van der Waals surface area (Å²) in [5, 5.41) is 10.4. The van der Waals surface area contributed by atoms with Crippen molar-refractivity contribution in [3.63, 3.8) is 0 Å². The predicted molar refractivity (Wildman–Crippen MR) is 93.1 cm³/mol. The van der Waals surface area contributed by atoms with Crippen LogP contribution in [-0.2, 0) is 11.3 Å². The molecule has 1 saturated heterocycles. The summed E-state index contributed by atoms with van der Waals surface area (Å²) in [6.45, 7) is 2.96. The van der Waals surface area contributed by atoms with E-state index in [-0.39, 0.29) is 6.10 Å². The number of rotatable bonds is 5. The Balaban J connectivity index is 1.47. The minimum absolute atomic E-state index is 0.188. The van der Waals surface area contributed by atoms with E-state index in [2.05, 4.69) is 25.9 Å². The molecule has 0 unspecified atom stereocenters. The molecule has 124 valence electrons. The monoisotopic (exact) mass is 343 g/mol.